The maximum Gasteiger partial charge on any atom is 0.256 e. The van der Waals surface area contributed by atoms with Crippen LogP contribution in [0.5, 0.6) is 0 Å². The normalized spacial score (nSPS) is 12.6. The number of halogens is 1. The monoisotopic (exact) mass is 252 g/mol. The fourth-order valence-corrected chi connectivity index (χ4v) is 1.78. The summed E-state index contributed by atoms with van der Waals surface area (Å²) in [7, 11) is 1.69. The molecule has 1 atom stereocenters. The average Bonchev–Trinajstić information content (AvgIpc) is 2.30. The van der Waals surface area contributed by atoms with Gasteiger partial charge in [0, 0.05) is 18.8 Å². The Balaban J connectivity index is 3.11. The third kappa shape index (κ3) is 2.81. The fourth-order valence-electron chi connectivity index (χ4n) is 1.78. The molecule has 18 heavy (non-hydrogen) atoms. The lowest BCUT2D eigenvalue weighted by molar-refractivity contribution is 0.0702. The molecule has 2 N–H and O–H groups in total. The summed E-state index contributed by atoms with van der Waals surface area (Å²) in [6.45, 7) is 7.60. The van der Waals surface area contributed by atoms with Crippen LogP contribution in [0.1, 0.15) is 36.7 Å². The first kappa shape index (κ1) is 14.5. The summed E-state index contributed by atoms with van der Waals surface area (Å²) in [6, 6.07) is 2.96. The van der Waals surface area contributed by atoms with E-state index in [9.17, 15) is 9.18 Å². The zero-order chi connectivity index (χ0) is 14.0. The van der Waals surface area contributed by atoms with Crippen LogP contribution < -0.4 is 5.73 Å². The van der Waals surface area contributed by atoms with Gasteiger partial charge in [-0.3, -0.25) is 4.79 Å². The van der Waals surface area contributed by atoms with Crippen molar-refractivity contribution in [3.05, 3.63) is 29.1 Å². The van der Waals surface area contributed by atoms with Crippen LogP contribution in [0.15, 0.2) is 12.1 Å². The Hall–Kier alpha value is -1.58. The van der Waals surface area contributed by atoms with Gasteiger partial charge in [0.25, 0.3) is 5.91 Å². The highest BCUT2D eigenvalue weighted by Gasteiger charge is 2.23. The Kier molecular flexibility index (Phi) is 4.33. The maximum atomic E-state index is 14.0. The SMILES string of the molecule is Cc1cc(N)cc(C(=O)N(C)C(C)C(C)C)c1F. The summed E-state index contributed by atoms with van der Waals surface area (Å²) >= 11 is 0. The van der Waals surface area contributed by atoms with Gasteiger partial charge in [0.2, 0.25) is 0 Å². The van der Waals surface area contributed by atoms with Gasteiger partial charge in [-0.1, -0.05) is 13.8 Å². The molecule has 1 rings (SSSR count). The van der Waals surface area contributed by atoms with Gasteiger partial charge >= 0.3 is 0 Å². The predicted molar refractivity (Wildman–Crippen MR) is 71.9 cm³/mol. The highest BCUT2D eigenvalue weighted by Crippen LogP contribution is 2.20. The summed E-state index contributed by atoms with van der Waals surface area (Å²) in [6.07, 6.45) is 0. The second kappa shape index (κ2) is 5.38. The number of carbonyl (C=O) groups excluding carboxylic acids is 1. The van der Waals surface area contributed by atoms with Crippen molar-refractivity contribution in [1.82, 2.24) is 4.90 Å². The third-order valence-corrected chi connectivity index (χ3v) is 3.40. The minimum Gasteiger partial charge on any atom is -0.399 e. The summed E-state index contributed by atoms with van der Waals surface area (Å²) in [4.78, 5) is 13.8. The van der Waals surface area contributed by atoms with Gasteiger partial charge in [-0.2, -0.15) is 0 Å². The Morgan fingerprint density at radius 2 is 1.89 bits per heavy atom. The van der Waals surface area contributed by atoms with Crippen molar-refractivity contribution in [2.24, 2.45) is 5.92 Å². The lowest BCUT2D eigenvalue weighted by Gasteiger charge is -2.28. The van der Waals surface area contributed by atoms with Crippen LogP contribution in [0, 0.1) is 18.7 Å². The molecular formula is C14H21FN2O. The largest absolute Gasteiger partial charge is 0.399 e. The number of nitrogens with zero attached hydrogens (tertiary/aromatic N) is 1. The first-order chi connectivity index (χ1) is 8.25. The van der Waals surface area contributed by atoms with Crippen LogP contribution in [0.4, 0.5) is 10.1 Å². The molecule has 0 radical (unpaired) electrons. The van der Waals surface area contributed by atoms with E-state index in [-0.39, 0.29) is 17.5 Å². The van der Waals surface area contributed by atoms with Gasteiger partial charge in [0.15, 0.2) is 0 Å². The summed E-state index contributed by atoms with van der Waals surface area (Å²) in [5.41, 5.74) is 6.51. The second-order valence-electron chi connectivity index (χ2n) is 5.10. The van der Waals surface area contributed by atoms with E-state index >= 15 is 0 Å². The number of nitrogens with two attached hydrogens (primary N) is 1. The first-order valence-corrected chi connectivity index (χ1v) is 6.08. The van der Waals surface area contributed by atoms with Crippen LogP contribution in [-0.4, -0.2) is 23.9 Å². The lowest BCUT2D eigenvalue weighted by Crippen LogP contribution is -2.38. The van der Waals surface area contributed by atoms with Gasteiger partial charge in [0.05, 0.1) is 5.56 Å². The van der Waals surface area contributed by atoms with Gasteiger partial charge in [0.1, 0.15) is 5.82 Å². The third-order valence-electron chi connectivity index (χ3n) is 3.40. The molecule has 0 spiro atoms. The van der Waals surface area contributed by atoms with Gasteiger partial charge in [-0.15, -0.1) is 0 Å². The first-order valence-electron chi connectivity index (χ1n) is 6.08. The zero-order valence-electron chi connectivity index (χ0n) is 11.6. The fraction of sp³-hybridized carbons (Fsp3) is 0.500. The number of aryl methyl sites for hydroxylation is 1. The number of anilines is 1. The van der Waals surface area contributed by atoms with E-state index in [1.165, 1.54) is 12.1 Å². The average molecular weight is 252 g/mol. The molecule has 3 nitrogen and oxygen atoms in total. The molecule has 0 heterocycles. The smallest absolute Gasteiger partial charge is 0.256 e. The predicted octanol–water partition coefficient (Wildman–Crippen LogP) is 2.83. The van der Waals surface area contributed by atoms with Crippen LogP contribution in [0.2, 0.25) is 0 Å². The van der Waals surface area contributed by atoms with Crippen molar-refractivity contribution in [3.8, 4) is 0 Å². The lowest BCUT2D eigenvalue weighted by atomic mass is 10.0. The Morgan fingerprint density at radius 3 is 2.39 bits per heavy atom. The van der Waals surface area contributed by atoms with Crippen molar-refractivity contribution in [2.75, 3.05) is 12.8 Å². The number of carbonyl (C=O) groups is 1. The molecule has 0 saturated heterocycles. The number of hydrogen-bond acceptors (Lipinski definition) is 2. The molecule has 0 bridgehead atoms. The zero-order valence-corrected chi connectivity index (χ0v) is 11.6. The van der Waals surface area contributed by atoms with Crippen LogP contribution in [0.25, 0.3) is 0 Å². The van der Waals surface area contributed by atoms with E-state index < -0.39 is 5.82 Å². The van der Waals surface area contributed by atoms with E-state index in [4.69, 9.17) is 5.73 Å². The molecule has 0 aromatic heterocycles. The van der Waals surface area contributed by atoms with Crippen LogP contribution >= 0.6 is 0 Å². The van der Waals surface area contributed by atoms with E-state index in [0.29, 0.717) is 17.2 Å². The molecule has 0 fully saturated rings. The number of hydrogen-bond donors (Lipinski definition) is 1. The van der Waals surface area contributed by atoms with Crippen molar-refractivity contribution < 1.29 is 9.18 Å². The molecule has 0 saturated carbocycles. The Labute approximate surface area is 108 Å². The Morgan fingerprint density at radius 1 is 1.33 bits per heavy atom. The number of amides is 1. The second-order valence-corrected chi connectivity index (χ2v) is 5.10. The molecule has 4 heteroatoms. The topological polar surface area (TPSA) is 46.3 Å². The standard InChI is InChI=1S/C14H21FN2O/c1-8(2)10(4)17(5)14(18)12-7-11(16)6-9(3)13(12)15/h6-8,10H,16H2,1-5H3. The Bertz CT molecular complexity index is 457. The summed E-state index contributed by atoms with van der Waals surface area (Å²) < 4.78 is 14.0. The molecule has 1 aromatic carbocycles. The van der Waals surface area contributed by atoms with Crippen molar-refractivity contribution in [1.29, 1.82) is 0 Å². The van der Waals surface area contributed by atoms with E-state index in [0.717, 1.165) is 0 Å². The van der Waals surface area contributed by atoms with Crippen LogP contribution in [0.3, 0.4) is 0 Å². The van der Waals surface area contributed by atoms with E-state index in [2.05, 4.69) is 0 Å². The number of benzene rings is 1. The minimum atomic E-state index is -0.489. The van der Waals surface area contributed by atoms with E-state index in [1.54, 1.807) is 18.9 Å². The molecule has 100 valence electrons. The van der Waals surface area contributed by atoms with Gasteiger partial charge in [-0.05, 0) is 37.5 Å². The highest BCUT2D eigenvalue weighted by molar-refractivity contribution is 5.95. The minimum absolute atomic E-state index is 0.0404. The molecule has 1 aromatic rings. The van der Waals surface area contributed by atoms with Crippen molar-refractivity contribution >= 4 is 11.6 Å². The highest BCUT2D eigenvalue weighted by atomic mass is 19.1. The van der Waals surface area contributed by atoms with Crippen LogP contribution in [-0.2, 0) is 0 Å². The molecular weight excluding hydrogens is 231 g/mol. The van der Waals surface area contributed by atoms with Crippen molar-refractivity contribution in [2.45, 2.75) is 33.7 Å². The number of nitrogen functional groups attached to an aromatic ring is 1. The summed E-state index contributed by atoms with van der Waals surface area (Å²) in [5, 5.41) is 0. The van der Waals surface area contributed by atoms with E-state index in [1.807, 2.05) is 20.8 Å². The molecule has 0 aliphatic rings. The molecule has 0 aliphatic carbocycles. The number of rotatable bonds is 3. The van der Waals surface area contributed by atoms with Gasteiger partial charge in [-0.25, -0.2) is 4.39 Å². The maximum absolute atomic E-state index is 14.0. The quantitative estimate of drug-likeness (QED) is 0.841. The summed E-state index contributed by atoms with van der Waals surface area (Å²) in [5.74, 6) is -0.509. The molecule has 0 aliphatic heterocycles. The molecule has 1 amide bonds. The van der Waals surface area contributed by atoms with Gasteiger partial charge < -0.3 is 10.6 Å². The molecule has 1 unspecified atom stereocenters. The van der Waals surface area contributed by atoms with Crippen molar-refractivity contribution in [3.63, 3.8) is 0 Å².